The second-order valence-corrected chi connectivity index (χ2v) is 6.75. The lowest BCUT2D eigenvalue weighted by Gasteiger charge is -2.13. The first-order valence-electron chi connectivity index (χ1n) is 5.80. The lowest BCUT2D eigenvalue weighted by atomic mass is 10.1. The first kappa shape index (κ1) is 9.64. The fourth-order valence-electron chi connectivity index (χ4n) is 2.39. The Balaban J connectivity index is 1.90. The van der Waals surface area contributed by atoms with Crippen molar-refractivity contribution in [2.75, 3.05) is 11.5 Å². The van der Waals surface area contributed by atoms with Gasteiger partial charge in [0.15, 0.2) is 0 Å². The van der Waals surface area contributed by atoms with E-state index in [2.05, 4.69) is 12.2 Å². The van der Waals surface area contributed by atoms with Crippen LogP contribution in [0.1, 0.15) is 44.9 Å². The van der Waals surface area contributed by atoms with Crippen LogP contribution in [0.2, 0.25) is 0 Å². The third-order valence-corrected chi connectivity index (χ3v) is 6.08. The van der Waals surface area contributed by atoms with Gasteiger partial charge in [0.2, 0.25) is 0 Å². The lowest BCUT2D eigenvalue weighted by Crippen LogP contribution is -2.21. The van der Waals surface area contributed by atoms with E-state index >= 15 is 0 Å². The Morgan fingerprint density at radius 1 is 0.923 bits per heavy atom. The van der Waals surface area contributed by atoms with Crippen LogP contribution in [-0.4, -0.2) is 16.8 Å². The highest BCUT2D eigenvalue weighted by atomic mass is 32.2. The molecule has 1 unspecified atom stereocenters. The van der Waals surface area contributed by atoms with E-state index in [0.717, 1.165) is 16.1 Å². The molecular formula is C12H21S+. The van der Waals surface area contributed by atoms with Gasteiger partial charge in [-0.25, -0.2) is 0 Å². The second-order valence-electron chi connectivity index (χ2n) is 4.26. The van der Waals surface area contributed by atoms with Gasteiger partial charge in [-0.2, -0.15) is 0 Å². The number of hydrogen-bond acceptors (Lipinski definition) is 0. The molecule has 0 radical (unpaired) electrons. The Morgan fingerprint density at radius 2 is 1.77 bits per heavy atom. The Hall–Kier alpha value is 0.0900. The molecular weight excluding hydrogens is 176 g/mol. The third kappa shape index (κ3) is 2.77. The molecule has 1 aliphatic carbocycles. The first-order chi connectivity index (χ1) is 6.47. The van der Waals surface area contributed by atoms with Crippen molar-refractivity contribution in [3.8, 4) is 0 Å². The molecule has 1 saturated heterocycles. The molecule has 0 N–H and O–H groups in total. The Labute approximate surface area is 85.1 Å². The molecule has 1 fully saturated rings. The first-order valence-corrected chi connectivity index (χ1v) is 7.42. The van der Waals surface area contributed by atoms with Crippen LogP contribution >= 0.6 is 0 Å². The zero-order valence-electron chi connectivity index (χ0n) is 8.50. The molecule has 1 heterocycles. The highest BCUT2D eigenvalue weighted by molar-refractivity contribution is 7.97. The summed E-state index contributed by atoms with van der Waals surface area (Å²) in [5, 5.41) is 0.975. The molecule has 0 bridgehead atoms. The Morgan fingerprint density at radius 3 is 2.62 bits per heavy atom. The molecule has 0 saturated carbocycles. The van der Waals surface area contributed by atoms with Gasteiger partial charge < -0.3 is 0 Å². The highest BCUT2D eigenvalue weighted by Crippen LogP contribution is 2.25. The number of rotatable bonds is 1. The van der Waals surface area contributed by atoms with E-state index in [-0.39, 0.29) is 0 Å². The van der Waals surface area contributed by atoms with Crippen molar-refractivity contribution in [2.45, 2.75) is 50.2 Å². The molecule has 2 aliphatic rings. The predicted octanol–water partition coefficient (Wildman–Crippen LogP) is 3.29. The van der Waals surface area contributed by atoms with Crippen LogP contribution in [0.3, 0.4) is 0 Å². The molecule has 0 aromatic heterocycles. The summed E-state index contributed by atoms with van der Waals surface area (Å²) >= 11 is 0. The van der Waals surface area contributed by atoms with Gasteiger partial charge in [-0.15, -0.1) is 0 Å². The topological polar surface area (TPSA) is 0 Å². The van der Waals surface area contributed by atoms with Gasteiger partial charge in [0.05, 0.1) is 0 Å². The van der Waals surface area contributed by atoms with E-state index in [1.165, 1.54) is 56.5 Å². The Kier molecular flexibility index (Phi) is 3.77. The standard InChI is InChI=1S/C12H21S/c1-2-4-8-12(9-5-3-1)13-10-6-7-11-13/h4,8,12H,1-3,5-7,9-11H2/q+1/b8-4-. The van der Waals surface area contributed by atoms with E-state index in [1.54, 1.807) is 0 Å². The van der Waals surface area contributed by atoms with Gasteiger partial charge in [-0.1, -0.05) is 12.5 Å². The minimum Gasteiger partial charge on any atom is -0.0836 e. The van der Waals surface area contributed by atoms with Crippen LogP contribution in [-0.2, 0) is 10.9 Å². The quantitative estimate of drug-likeness (QED) is 0.447. The van der Waals surface area contributed by atoms with E-state index in [9.17, 15) is 0 Å². The maximum atomic E-state index is 2.55. The van der Waals surface area contributed by atoms with E-state index in [0.29, 0.717) is 0 Å². The summed E-state index contributed by atoms with van der Waals surface area (Å²) in [5.41, 5.74) is 0. The van der Waals surface area contributed by atoms with Crippen LogP contribution in [0.25, 0.3) is 0 Å². The largest absolute Gasteiger partial charge is 0.136 e. The predicted molar refractivity (Wildman–Crippen MR) is 62.3 cm³/mol. The van der Waals surface area contributed by atoms with Crippen LogP contribution < -0.4 is 0 Å². The summed E-state index contributed by atoms with van der Waals surface area (Å²) < 4.78 is 0. The molecule has 1 heteroatoms. The smallest absolute Gasteiger partial charge is 0.0836 e. The fraction of sp³-hybridized carbons (Fsp3) is 0.833. The number of allylic oxidation sites excluding steroid dienone is 1. The summed E-state index contributed by atoms with van der Waals surface area (Å²) in [6.45, 7) is 0. The fourth-order valence-corrected chi connectivity index (χ4v) is 5.18. The Bertz CT molecular complexity index is 168. The molecule has 0 amide bonds. The molecule has 1 aliphatic heterocycles. The highest BCUT2D eigenvalue weighted by Gasteiger charge is 2.31. The minimum atomic E-state index is 0.781. The zero-order chi connectivity index (χ0) is 8.93. The maximum absolute atomic E-state index is 2.55. The van der Waals surface area contributed by atoms with Crippen molar-refractivity contribution < 1.29 is 0 Å². The third-order valence-electron chi connectivity index (χ3n) is 3.20. The maximum Gasteiger partial charge on any atom is 0.136 e. The van der Waals surface area contributed by atoms with Gasteiger partial charge in [0.1, 0.15) is 16.8 Å². The second kappa shape index (κ2) is 5.09. The van der Waals surface area contributed by atoms with Gasteiger partial charge in [-0.05, 0) is 55.5 Å². The van der Waals surface area contributed by atoms with Crippen LogP contribution in [0.15, 0.2) is 12.2 Å². The lowest BCUT2D eigenvalue weighted by molar-refractivity contribution is 0.642. The van der Waals surface area contributed by atoms with Crippen LogP contribution in [0.4, 0.5) is 0 Å². The summed E-state index contributed by atoms with van der Waals surface area (Å²) in [6, 6.07) is 0. The normalized spacial score (nSPS) is 34.0. The van der Waals surface area contributed by atoms with Gasteiger partial charge in [-0.3, -0.25) is 0 Å². The van der Waals surface area contributed by atoms with Crippen molar-refractivity contribution in [3.05, 3.63) is 12.2 Å². The average molecular weight is 197 g/mol. The molecule has 2 rings (SSSR count). The summed E-state index contributed by atoms with van der Waals surface area (Å²) in [4.78, 5) is 0. The van der Waals surface area contributed by atoms with Gasteiger partial charge in [0, 0.05) is 0 Å². The van der Waals surface area contributed by atoms with Crippen molar-refractivity contribution in [1.82, 2.24) is 0 Å². The molecule has 74 valence electrons. The van der Waals surface area contributed by atoms with Crippen molar-refractivity contribution in [3.63, 3.8) is 0 Å². The van der Waals surface area contributed by atoms with E-state index < -0.39 is 0 Å². The van der Waals surface area contributed by atoms with Crippen LogP contribution in [0, 0.1) is 0 Å². The zero-order valence-corrected chi connectivity index (χ0v) is 9.32. The van der Waals surface area contributed by atoms with E-state index in [4.69, 9.17) is 0 Å². The molecule has 0 nitrogen and oxygen atoms in total. The molecule has 1 atom stereocenters. The molecule has 0 aromatic rings. The molecule has 0 aromatic carbocycles. The molecule has 13 heavy (non-hydrogen) atoms. The average Bonchev–Trinajstić information content (AvgIpc) is 2.55. The monoisotopic (exact) mass is 197 g/mol. The SMILES string of the molecule is C1=C\C([S+]2CCCC2)CCCCC/1. The summed E-state index contributed by atoms with van der Waals surface area (Å²) in [5.74, 6) is 3.07. The van der Waals surface area contributed by atoms with E-state index in [1.807, 2.05) is 0 Å². The van der Waals surface area contributed by atoms with Crippen LogP contribution in [0.5, 0.6) is 0 Å². The van der Waals surface area contributed by atoms with Crippen molar-refractivity contribution in [1.29, 1.82) is 0 Å². The summed E-state index contributed by atoms with van der Waals surface area (Å²) in [7, 11) is 0.781. The molecule has 0 spiro atoms. The van der Waals surface area contributed by atoms with Gasteiger partial charge >= 0.3 is 0 Å². The number of hydrogen-bond donors (Lipinski definition) is 0. The van der Waals surface area contributed by atoms with Gasteiger partial charge in [0.25, 0.3) is 0 Å². The van der Waals surface area contributed by atoms with Crippen molar-refractivity contribution >= 4 is 10.9 Å². The van der Waals surface area contributed by atoms with Crippen molar-refractivity contribution in [2.24, 2.45) is 0 Å². The minimum absolute atomic E-state index is 0.781. The summed E-state index contributed by atoms with van der Waals surface area (Å²) in [6.07, 6.45) is 15.2.